The van der Waals surface area contributed by atoms with Crippen molar-refractivity contribution in [3.05, 3.63) is 12.2 Å². The maximum atomic E-state index is 10.5. The van der Waals surface area contributed by atoms with Crippen LogP contribution in [-0.2, 0) is 9.53 Å². The van der Waals surface area contributed by atoms with E-state index >= 15 is 0 Å². The molecule has 0 aromatic heterocycles. The van der Waals surface area contributed by atoms with E-state index < -0.39 is 0 Å². The van der Waals surface area contributed by atoms with E-state index in [9.17, 15) is 4.79 Å². The predicted molar refractivity (Wildman–Crippen MR) is 86.9 cm³/mol. The standard InChI is InChI=1S/C19H32O2/c1-14-7-10-17-18(3,4)11-6-12-19(17,5)16(14)9-8-15(2)21-13-20/h13,15-17H,1,6-12H2,2-5H3/t15-,16-,17?,19+/m0/s1. The van der Waals surface area contributed by atoms with E-state index in [1.807, 2.05) is 6.92 Å². The number of hydrogen-bond donors (Lipinski definition) is 0. The highest BCUT2D eigenvalue weighted by Gasteiger charge is 2.52. The third-order valence-corrected chi connectivity index (χ3v) is 6.47. The average Bonchev–Trinajstić information content (AvgIpc) is 2.37. The third-order valence-electron chi connectivity index (χ3n) is 6.47. The fraction of sp³-hybridized carbons (Fsp3) is 0.842. The van der Waals surface area contributed by atoms with E-state index in [1.54, 1.807) is 0 Å². The van der Waals surface area contributed by atoms with Crippen LogP contribution >= 0.6 is 0 Å². The SMILES string of the molecule is C=C1CCC2C(C)(C)CCC[C@]2(C)[C@H]1CC[C@H](C)OC=O. The summed E-state index contributed by atoms with van der Waals surface area (Å²) in [7, 11) is 0. The second kappa shape index (κ2) is 6.14. The van der Waals surface area contributed by atoms with Crippen LogP contribution in [0.25, 0.3) is 0 Å². The Morgan fingerprint density at radius 2 is 2.10 bits per heavy atom. The van der Waals surface area contributed by atoms with Gasteiger partial charge in [0.25, 0.3) is 6.47 Å². The number of ether oxygens (including phenoxy) is 1. The first-order chi connectivity index (χ1) is 9.81. The lowest BCUT2D eigenvalue weighted by Gasteiger charge is -2.58. The summed E-state index contributed by atoms with van der Waals surface area (Å²) < 4.78 is 5.07. The second-order valence-electron chi connectivity index (χ2n) is 8.27. The molecule has 0 radical (unpaired) electrons. The molecule has 120 valence electrons. The smallest absolute Gasteiger partial charge is 0.293 e. The highest BCUT2D eigenvalue weighted by molar-refractivity contribution is 5.37. The largest absolute Gasteiger partial charge is 0.465 e. The third kappa shape index (κ3) is 3.19. The first kappa shape index (κ1) is 16.6. The monoisotopic (exact) mass is 292 g/mol. The number of rotatable bonds is 5. The minimum Gasteiger partial charge on any atom is -0.465 e. The van der Waals surface area contributed by atoms with E-state index in [1.165, 1.54) is 37.7 Å². The van der Waals surface area contributed by atoms with Crippen molar-refractivity contribution in [1.82, 2.24) is 0 Å². The van der Waals surface area contributed by atoms with Crippen molar-refractivity contribution in [2.45, 2.75) is 78.7 Å². The summed E-state index contributed by atoms with van der Waals surface area (Å²) in [4.78, 5) is 10.5. The quantitative estimate of drug-likeness (QED) is 0.519. The van der Waals surface area contributed by atoms with Crippen molar-refractivity contribution in [1.29, 1.82) is 0 Å². The van der Waals surface area contributed by atoms with Crippen LogP contribution in [0.3, 0.4) is 0 Å². The van der Waals surface area contributed by atoms with Crippen LogP contribution in [0.1, 0.15) is 72.6 Å². The molecule has 2 fully saturated rings. The van der Waals surface area contributed by atoms with Gasteiger partial charge in [0.05, 0.1) is 6.10 Å². The highest BCUT2D eigenvalue weighted by atomic mass is 16.5. The molecule has 0 aromatic carbocycles. The Bertz CT molecular complexity index is 398. The summed E-state index contributed by atoms with van der Waals surface area (Å²) in [6.07, 6.45) is 8.59. The molecule has 4 atom stereocenters. The molecule has 0 heterocycles. The van der Waals surface area contributed by atoms with Crippen molar-refractivity contribution in [3.8, 4) is 0 Å². The number of carbonyl (C=O) groups excluding carboxylic acids is 1. The van der Waals surface area contributed by atoms with Crippen molar-refractivity contribution < 1.29 is 9.53 Å². The van der Waals surface area contributed by atoms with Gasteiger partial charge in [-0.1, -0.05) is 39.3 Å². The molecular weight excluding hydrogens is 260 g/mol. The van der Waals surface area contributed by atoms with Crippen LogP contribution in [0.5, 0.6) is 0 Å². The zero-order valence-electron chi connectivity index (χ0n) is 14.3. The molecule has 0 spiro atoms. The molecule has 21 heavy (non-hydrogen) atoms. The lowest BCUT2D eigenvalue weighted by atomic mass is 9.47. The molecule has 2 heteroatoms. The minimum absolute atomic E-state index is 0.0240. The summed E-state index contributed by atoms with van der Waals surface area (Å²) in [5.74, 6) is 1.39. The number of carbonyl (C=O) groups is 1. The normalized spacial score (nSPS) is 36.7. The molecular formula is C19H32O2. The van der Waals surface area contributed by atoms with Gasteiger partial charge in [0, 0.05) is 0 Å². The van der Waals surface area contributed by atoms with E-state index in [0.717, 1.165) is 18.8 Å². The van der Waals surface area contributed by atoms with E-state index in [2.05, 4.69) is 27.4 Å². The molecule has 2 saturated carbocycles. The lowest BCUT2D eigenvalue weighted by molar-refractivity contribution is -0.133. The Morgan fingerprint density at radius 1 is 1.38 bits per heavy atom. The molecule has 2 aliphatic carbocycles. The number of fused-ring (bicyclic) bond motifs is 1. The van der Waals surface area contributed by atoms with E-state index in [-0.39, 0.29) is 6.10 Å². The van der Waals surface area contributed by atoms with Crippen LogP contribution in [0.15, 0.2) is 12.2 Å². The van der Waals surface area contributed by atoms with Gasteiger partial charge in [-0.05, 0) is 68.1 Å². The van der Waals surface area contributed by atoms with Crippen molar-refractivity contribution >= 4 is 6.47 Å². The van der Waals surface area contributed by atoms with Crippen LogP contribution in [-0.4, -0.2) is 12.6 Å². The predicted octanol–water partition coefficient (Wildman–Crippen LogP) is 5.13. The zero-order valence-corrected chi connectivity index (χ0v) is 14.3. The van der Waals surface area contributed by atoms with Gasteiger partial charge in [-0.25, -0.2) is 0 Å². The molecule has 2 rings (SSSR count). The molecule has 0 aromatic rings. The molecule has 0 bridgehead atoms. The summed E-state index contributed by atoms with van der Waals surface area (Å²) >= 11 is 0. The Hall–Kier alpha value is -0.790. The number of allylic oxidation sites excluding steroid dienone is 1. The Balaban J connectivity index is 2.13. The highest BCUT2D eigenvalue weighted by Crippen LogP contribution is 2.61. The molecule has 1 unspecified atom stereocenters. The summed E-state index contributed by atoms with van der Waals surface area (Å²) in [6, 6.07) is 0. The van der Waals surface area contributed by atoms with Crippen LogP contribution in [0.2, 0.25) is 0 Å². The van der Waals surface area contributed by atoms with E-state index in [4.69, 9.17) is 4.74 Å². The molecule has 2 aliphatic rings. The van der Waals surface area contributed by atoms with Gasteiger partial charge in [-0.15, -0.1) is 0 Å². The van der Waals surface area contributed by atoms with Crippen molar-refractivity contribution in [2.75, 3.05) is 0 Å². The van der Waals surface area contributed by atoms with Gasteiger partial charge in [0.2, 0.25) is 0 Å². The summed E-state index contributed by atoms with van der Waals surface area (Å²) in [5, 5.41) is 0. The Kier molecular flexibility index (Phi) is 4.85. The van der Waals surface area contributed by atoms with Crippen molar-refractivity contribution in [2.24, 2.45) is 22.7 Å². The van der Waals surface area contributed by atoms with Gasteiger partial charge in [0.15, 0.2) is 0 Å². The molecule has 0 amide bonds. The van der Waals surface area contributed by atoms with Gasteiger partial charge in [-0.2, -0.15) is 0 Å². The topological polar surface area (TPSA) is 26.3 Å². The first-order valence-corrected chi connectivity index (χ1v) is 8.58. The van der Waals surface area contributed by atoms with Crippen molar-refractivity contribution in [3.63, 3.8) is 0 Å². The van der Waals surface area contributed by atoms with Gasteiger partial charge in [-0.3, -0.25) is 4.79 Å². The fourth-order valence-electron chi connectivity index (χ4n) is 5.37. The first-order valence-electron chi connectivity index (χ1n) is 8.58. The Morgan fingerprint density at radius 3 is 2.76 bits per heavy atom. The molecule has 0 saturated heterocycles. The second-order valence-corrected chi connectivity index (χ2v) is 8.27. The summed E-state index contributed by atoms with van der Waals surface area (Å²) in [5.41, 5.74) is 2.28. The van der Waals surface area contributed by atoms with Gasteiger partial charge >= 0.3 is 0 Å². The molecule has 2 nitrogen and oxygen atoms in total. The maximum Gasteiger partial charge on any atom is 0.293 e. The van der Waals surface area contributed by atoms with Crippen LogP contribution in [0, 0.1) is 22.7 Å². The Labute approximate surface area is 130 Å². The number of hydrogen-bond acceptors (Lipinski definition) is 2. The maximum absolute atomic E-state index is 10.5. The zero-order chi connectivity index (χ0) is 15.7. The lowest BCUT2D eigenvalue weighted by Crippen LogP contribution is -2.49. The average molecular weight is 292 g/mol. The minimum atomic E-state index is 0.0240. The van der Waals surface area contributed by atoms with Crippen LogP contribution < -0.4 is 0 Å². The molecule has 0 N–H and O–H groups in total. The van der Waals surface area contributed by atoms with Crippen LogP contribution in [0.4, 0.5) is 0 Å². The molecule has 0 aliphatic heterocycles. The fourth-order valence-corrected chi connectivity index (χ4v) is 5.37. The van der Waals surface area contributed by atoms with Gasteiger partial charge < -0.3 is 4.74 Å². The summed E-state index contributed by atoms with van der Waals surface area (Å²) in [6.45, 7) is 14.4. The van der Waals surface area contributed by atoms with E-state index in [0.29, 0.717) is 23.2 Å². The van der Waals surface area contributed by atoms with Gasteiger partial charge in [0.1, 0.15) is 0 Å².